The summed E-state index contributed by atoms with van der Waals surface area (Å²) in [5.74, 6) is 0. The standard InChI is InChI=1S/C6H4Cl2F2N2O2S/c7-4-2(6(9)10)1-3(5(8)12-4)15(11,13)14/h1,6H,(H2,11,13,14). The molecule has 0 amide bonds. The zero-order valence-electron chi connectivity index (χ0n) is 6.92. The van der Waals surface area contributed by atoms with Crippen molar-refractivity contribution in [3.63, 3.8) is 0 Å². The highest BCUT2D eigenvalue weighted by Gasteiger charge is 2.21. The van der Waals surface area contributed by atoms with Crippen molar-refractivity contribution in [1.82, 2.24) is 4.98 Å². The molecule has 4 nitrogen and oxygen atoms in total. The van der Waals surface area contributed by atoms with E-state index in [0.717, 1.165) is 0 Å². The van der Waals surface area contributed by atoms with Crippen LogP contribution in [0.15, 0.2) is 11.0 Å². The van der Waals surface area contributed by atoms with Gasteiger partial charge in [-0.2, -0.15) is 0 Å². The van der Waals surface area contributed by atoms with E-state index in [1.54, 1.807) is 0 Å². The van der Waals surface area contributed by atoms with Crippen molar-refractivity contribution in [3.8, 4) is 0 Å². The highest BCUT2D eigenvalue weighted by molar-refractivity contribution is 7.89. The van der Waals surface area contributed by atoms with E-state index in [9.17, 15) is 17.2 Å². The third kappa shape index (κ3) is 2.75. The van der Waals surface area contributed by atoms with Gasteiger partial charge in [0.15, 0.2) is 5.15 Å². The van der Waals surface area contributed by atoms with E-state index in [1.165, 1.54) is 0 Å². The summed E-state index contributed by atoms with van der Waals surface area (Å²) < 4.78 is 46.5. The average molecular weight is 277 g/mol. The van der Waals surface area contributed by atoms with Crippen molar-refractivity contribution in [2.24, 2.45) is 5.14 Å². The average Bonchev–Trinajstić information content (AvgIpc) is 2.00. The highest BCUT2D eigenvalue weighted by atomic mass is 35.5. The fourth-order valence-corrected chi connectivity index (χ4v) is 2.12. The smallest absolute Gasteiger partial charge is 0.225 e. The molecule has 84 valence electrons. The van der Waals surface area contributed by atoms with Crippen LogP contribution in [0.1, 0.15) is 12.0 Å². The number of rotatable bonds is 2. The molecule has 0 spiro atoms. The lowest BCUT2D eigenvalue weighted by Crippen LogP contribution is -2.14. The van der Waals surface area contributed by atoms with Crippen molar-refractivity contribution in [2.45, 2.75) is 11.3 Å². The van der Waals surface area contributed by atoms with E-state index in [2.05, 4.69) is 4.98 Å². The first-order valence-electron chi connectivity index (χ1n) is 3.40. The number of aromatic nitrogens is 1. The number of hydrogen-bond acceptors (Lipinski definition) is 3. The van der Waals surface area contributed by atoms with Gasteiger partial charge in [-0.05, 0) is 6.07 Å². The maximum absolute atomic E-state index is 12.3. The normalized spacial score (nSPS) is 12.1. The SMILES string of the molecule is NS(=O)(=O)c1cc(C(F)F)c(Cl)nc1Cl. The summed E-state index contributed by atoms with van der Waals surface area (Å²) in [6, 6.07) is 0.609. The van der Waals surface area contributed by atoms with Gasteiger partial charge in [-0.15, -0.1) is 0 Å². The van der Waals surface area contributed by atoms with Gasteiger partial charge in [0.2, 0.25) is 10.0 Å². The molecule has 0 aromatic carbocycles. The van der Waals surface area contributed by atoms with Crippen LogP contribution < -0.4 is 5.14 Å². The Hall–Kier alpha value is -0.500. The minimum Gasteiger partial charge on any atom is -0.225 e. The van der Waals surface area contributed by atoms with E-state index >= 15 is 0 Å². The Morgan fingerprint density at radius 2 is 1.87 bits per heavy atom. The van der Waals surface area contributed by atoms with Gasteiger partial charge in [0, 0.05) is 0 Å². The molecule has 1 heterocycles. The van der Waals surface area contributed by atoms with Gasteiger partial charge in [0.25, 0.3) is 6.43 Å². The molecular formula is C6H4Cl2F2N2O2S. The van der Waals surface area contributed by atoms with E-state index < -0.39 is 37.2 Å². The minimum absolute atomic E-state index is 0.535. The summed E-state index contributed by atoms with van der Waals surface area (Å²) in [6.45, 7) is 0. The molecule has 9 heteroatoms. The third-order valence-corrected chi connectivity index (χ3v) is 3.09. The Morgan fingerprint density at radius 1 is 1.33 bits per heavy atom. The van der Waals surface area contributed by atoms with Crippen LogP contribution in [0.5, 0.6) is 0 Å². The lowest BCUT2D eigenvalue weighted by atomic mass is 10.3. The lowest BCUT2D eigenvalue weighted by Gasteiger charge is -2.06. The first-order chi connectivity index (χ1) is 6.73. The lowest BCUT2D eigenvalue weighted by molar-refractivity contribution is 0.151. The fraction of sp³-hybridized carbons (Fsp3) is 0.167. The number of pyridine rings is 1. The van der Waals surface area contributed by atoms with E-state index in [-0.39, 0.29) is 0 Å². The van der Waals surface area contributed by atoms with Crippen LogP contribution >= 0.6 is 23.2 Å². The number of halogens is 4. The molecule has 0 saturated carbocycles. The molecule has 0 fully saturated rings. The molecule has 0 bridgehead atoms. The summed E-state index contributed by atoms with van der Waals surface area (Å²) in [4.78, 5) is 2.58. The zero-order valence-corrected chi connectivity index (χ0v) is 9.24. The van der Waals surface area contributed by atoms with E-state index in [0.29, 0.717) is 6.07 Å². The predicted molar refractivity (Wildman–Crippen MR) is 50.6 cm³/mol. The fourth-order valence-electron chi connectivity index (χ4n) is 0.819. The van der Waals surface area contributed by atoms with Crippen molar-refractivity contribution in [2.75, 3.05) is 0 Å². The summed E-state index contributed by atoms with van der Waals surface area (Å²) in [7, 11) is -4.19. The van der Waals surface area contributed by atoms with Crippen molar-refractivity contribution >= 4 is 33.2 Å². The summed E-state index contributed by atoms with van der Waals surface area (Å²) in [5.41, 5.74) is -0.731. The molecule has 0 aliphatic carbocycles. The van der Waals surface area contributed by atoms with Crippen LogP contribution in [0.25, 0.3) is 0 Å². The monoisotopic (exact) mass is 276 g/mol. The van der Waals surface area contributed by atoms with Crippen LogP contribution in [-0.2, 0) is 10.0 Å². The number of nitrogens with two attached hydrogens (primary N) is 1. The quantitative estimate of drug-likeness (QED) is 0.840. The van der Waals surface area contributed by atoms with Gasteiger partial charge in [-0.3, -0.25) is 0 Å². The van der Waals surface area contributed by atoms with Crippen LogP contribution in [0.3, 0.4) is 0 Å². The largest absolute Gasteiger partial charge is 0.266 e. The third-order valence-electron chi connectivity index (χ3n) is 1.47. The Kier molecular flexibility index (Phi) is 3.49. The second-order valence-electron chi connectivity index (χ2n) is 2.50. The van der Waals surface area contributed by atoms with Crippen LogP contribution in [0, 0.1) is 0 Å². The molecule has 0 saturated heterocycles. The summed E-state index contributed by atoms with van der Waals surface area (Å²) in [6.07, 6.45) is -2.96. The van der Waals surface area contributed by atoms with Crippen molar-refractivity contribution in [3.05, 3.63) is 21.9 Å². The molecule has 1 aromatic rings. The molecule has 1 rings (SSSR count). The maximum atomic E-state index is 12.3. The molecule has 15 heavy (non-hydrogen) atoms. The van der Waals surface area contributed by atoms with Gasteiger partial charge < -0.3 is 0 Å². The molecule has 0 aliphatic heterocycles. The number of primary sulfonamides is 1. The number of sulfonamides is 1. The van der Waals surface area contributed by atoms with E-state index in [4.69, 9.17) is 28.3 Å². The first-order valence-corrected chi connectivity index (χ1v) is 5.70. The number of hydrogen-bond donors (Lipinski definition) is 1. The molecule has 0 unspecified atom stereocenters. The maximum Gasteiger partial charge on any atom is 0.266 e. The molecule has 0 atom stereocenters. The second kappa shape index (κ2) is 4.17. The first kappa shape index (κ1) is 12.6. The predicted octanol–water partition coefficient (Wildman–Crippen LogP) is 1.97. The Bertz CT molecular complexity index is 492. The molecule has 1 aromatic heterocycles. The van der Waals surface area contributed by atoms with Gasteiger partial charge in [-0.25, -0.2) is 27.3 Å². The Morgan fingerprint density at radius 3 is 2.27 bits per heavy atom. The van der Waals surface area contributed by atoms with Gasteiger partial charge in [0.05, 0.1) is 5.56 Å². The molecule has 0 aliphatic rings. The van der Waals surface area contributed by atoms with Crippen LogP contribution in [0.2, 0.25) is 10.3 Å². The number of alkyl halides is 2. The zero-order chi connectivity index (χ0) is 11.8. The molecule has 2 N–H and O–H groups in total. The van der Waals surface area contributed by atoms with Crippen LogP contribution in [-0.4, -0.2) is 13.4 Å². The Balaban J connectivity index is 3.50. The van der Waals surface area contributed by atoms with Crippen molar-refractivity contribution < 1.29 is 17.2 Å². The molecular weight excluding hydrogens is 273 g/mol. The van der Waals surface area contributed by atoms with E-state index in [1.807, 2.05) is 0 Å². The van der Waals surface area contributed by atoms with Crippen LogP contribution in [0.4, 0.5) is 8.78 Å². The minimum atomic E-state index is -4.19. The summed E-state index contributed by atoms with van der Waals surface area (Å²) in [5, 5.41) is 3.65. The summed E-state index contributed by atoms with van der Waals surface area (Å²) >= 11 is 10.7. The number of nitrogens with zero attached hydrogens (tertiary/aromatic N) is 1. The van der Waals surface area contributed by atoms with Crippen molar-refractivity contribution in [1.29, 1.82) is 0 Å². The van der Waals surface area contributed by atoms with Gasteiger partial charge >= 0.3 is 0 Å². The van der Waals surface area contributed by atoms with Gasteiger partial charge in [-0.1, -0.05) is 23.2 Å². The Labute approximate surface area is 94.1 Å². The molecule has 0 radical (unpaired) electrons. The highest BCUT2D eigenvalue weighted by Crippen LogP contribution is 2.30. The topological polar surface area (TPSA) is 73.1 Å². The second-order valence-corrected chi connectivity index (χ2v) is 4.75. The van der Waals surface area contributed by atoms with Gasteiger partial charge in [0.1, 0.15) is 10.0 Å².